The van der Waals surface area contributed by atoms with Crippen LogP contribution in [0.25, 0.3) is 0 Å². The van der Waals surface area contributed by atoms with Gasteiger partial charge in [-0.05, 0) is 42.5 Å². The van der Waals surface area contributed by atoms with Crippen molar-refractivity contribution in [2.45, 2.75) is 6.23 Å². The number of halogens is 1. The highest BCUT2D eigenvalue weighted by Crippen LogP contribution is 2.40. The number of para-hydroxylation sites is 2. The van der Waals surface area contributed by atoms with E-state index in [4.69, 9.17) is 21.1 Å². The fourth-order valence-electron chi connectivity index (χ4n) is 2.90. The van der Waals surface area contributed by atoms with Gasteiger partial charge in [-0.25, -0.2) is 14.5 Å². The molecule has 0 bridgehead atoms. The molecule has 1 aliphatic heterocycles. The van der Waals surface area contributed by atoms with Crippen LogP contribution in [0.3, 0.4) is 0 Å². The van der Waals surface area contributed by atoms with Gasteiger partial charge in [0, 0.05) is 10.7 Å². The molecule has 1 heterocycles. The Bertz CT molecular complexity index is 1010. The highest BCUT2D eigenvalue weighted by atomic mass is 35.5. The molecular weight excluding hydrogens is 380 g/mol. The second-order valence-corrected chi connectivity index (χ2v) is 6.44. The third-order valence-electron chi connectivity index (χ3n) is 4.14. The Morgan fingerprint density at radius 3 is 2.39 bits per heavy atom. The van der Waals surface area contributed by atoms with Crippen LogP contribution in [-0.2, 0) is 4.74 Å². The van der Waals surface area contributed by atoms with Crippen molar-refractivity contribution >= 4 is 35.2 Å². The molecule has 6 nitrogen and oxygen atoms in total. The highest BCUT2D eigenvalue weighted by Gasteiger charge is 2.38. The maximum atomic E-state index is 12.7. The predicted molar refractivity (Wildman–Crippen MR) is 106 cm³/mol. The number of amides is 2. The van der Waals surface area contributed by atoms with Crippen molar-refractivity contribution in [3.63, 3.8) is 0 Å². The number of nitrogens with one attached hydrogen (secondary N) is 1. The van der Waals surface area contributed by atoms with Crippen molar-refractivity contribution in [1.82, 2.24) is 0 Å². The van der Waals surface area contributed by atoms with Crippen molar-refractivity contribution in [3.8, 4) is 5.75 Å². The summed E-state index contributed by atoms with van der Waals surface area (Å²) in [7, 11) is 0. The maximum absolute atomic E-state index is 12.7. The molecule has 1 atom stereocenters. The quantitative estimate of drug-likeness (QED) is 0.627. The molecule has 1 N–H and O–H groups in total. The Morgan fingerprint density at radius 1 is 1.00 bits per heavy atom. The van der Waals surface area contributed by atoms with E-state index in [0.29, 0.717) is 27.7 Å². The summed E-state index contributed by atoms with van der Waals surface area (Å²) in [5, 5.41) is 3.08. The van der Waals surface area contributed by atoms with E-state index in [1.165, 1.54) is 4.90 Å². The van der Waals surface area contributed by atoms with E-state index >= 15 is 0 Å². The molecule has 0 spiro atoms. The maximum Gasteiger partial charge on any atom is 0.423 e. The van der Waals surface area contributed by atoms with Gasteiger partial charge in [-0.15, -0.1) is 0 Å². The van der Waals surface area contributed by atoms with E-state index in [1.54, 1.807) is 66.7 Å². The number of anilines is 2. The van der Waals surface area contributed by atoms with Crippen molar-refractivity contribution in [1.29, 1.82) is 0 Å². The summed E-state index contributed by atoms with van der Waals surface area (Å²) in [4.78, 5) is 26.4. The van der Waals surface area contributed by atoms with Crippen LogP contribution >= 0.6 is 11.6 Å². The first-order chi connectivity index (χ1) is 13.6. The fourth-order valence-corrected chi connectivity index (χ4v) is 3.08. The Balaban J connectivity index is 1.70. The minimum atomic E-state index is -1.04. The zero-order valence-electron chi connectivity index (χ0n) is 14.5. The van der Waals surface area contributed by atoms with E-state index in [1.807, 2.05) is 12.1 Å². The third kappa shape index (κ3) is 3.63. The molecule has 0 aromatic heterocycles. The van der Waals surface area contributed by atoms with E-state index in [2.05, 4.69) is 5.32 Å². The van der Waals surface area contributed by atoms with Gasteiger partial charge < -0.3 is 9.47 Å². The SMILES string of the molecule is O=C(Nc1ccccc1)O[C@@H]1c2cc(Cl)ccc2OC(=O)N1c1ccccc1. The Morgan fingerprint density at radius 2 is 1.68 bits per heavy atom. The predicted octanol–water partition coefficient (Wildman–Crippen LogP) is 5.61. The van der Waals surface area contributed by atoms with Crippen LogP contribution in [0.1, 0.15) is 11.8 Å². The smallest absolute Gasteiger partial charge is 0.420 e. The number of carbonyl (C=O) groups is 2. The lowest BCUT2D eigenvalue weighted by atomic mass is 10.1. The third-order valence-corrected chi connectivity index (χ3v) is 4.37. The molecule has 2 amide bonds. The molecule has 3 aromatic carbocycles. The van der Waals surface area contributed by atoms with E-state index in [-0.39, 0.29) is 0 Å². The van der Waals surface area contributed by atoms with Crippen LogP contribution in [-0.4, -0.2) is 12.2 Å². The summed E-state index contributed by atoms with van der Waals surface area (Å²) in [5.41, 5.74) is 1.57. The van der Waals surface area contributed by atoms with E-state index in [9.17, 15) is 9.59 Å². The number of nitrogens with zero attached hydrogens (tertiary/aromatic N) is 1. The van der Waals surface area contributed by atoms with E-state index in [0.717, 1.165) is 0 Å². The number of hydrogen-bond acceptors (Lipinski definition) is 4. The van der Waals surface area contributed by atoms with Crippen LogP contribution in [0.5, 0.6) is 5.75 Å². The summed E-state index contributed by atoms with van der Waals surface area (Å²) in [5.74, 6) is 0.291. The molecule has 3 aromatic rings. The lowest BCUT2D eigenvalue weighted by Gasteiger charge is -2.35. The molecule has 7 heteroatoms. The molecule has 0 saturated heterocycles. The molecule has 4 rings (SSSR count). The Kier molecular flexibility index (Phi) is 4.87. The minimum absolute atomic E-state index is 0.291. The number of benzene rings is 3. The van der Waals surface area contributed by atoms with Crippen molar-refractivity contribution in [2.75, 3.05) is 10.2 Å². The average Bonchev–Trinajstić information content (AvgIpc) is 2.70. The summed E-state index contributed by atoms with van der Waals surface area (Å²) < 4.78 is 11.0. The minimum Gasteiger partial charge on any atom is -0.420 e. The van der Waals surface area contributed by atoms with Gasteiger partial charge in [0.05, 0.1) is 11.3 Å². The summed E-state index contributed by atoms with van der Waals surface area (Å²) in [6.07, 6.45) is -2.41. The number of rotatable bonds is 3. The zero-order valence-corrected chi connectivity index (χ0v) is 15.3. The van der Waals surface area contributed by atoms with Crippen LogP contribution < -0.4 is 15.0 Å². The summed E-state index contributed by atoms with van der Waals surface area (Å²) in [6, 6.07) is 22.5. The zero-order chi connectivity index (χ0) is 19.5. The topological polar surface area (TPSA) is 67.9 Å². The second kappa shape index (κ2) is 7.62. The molecule has 0 radical (unpaired) electrons. The van der Waals surface area contributed by atoms with Crippen molar-refractivity contribution in [2.24, 2.45) is 0 Å². The van der Waals surface area contributed by atoms with Gasteiger partial charge >= 0.3 is 12.2 Å². The van der Waals surface area contributed by atoms with Crippen LogP contribution in [0.4, 0.5) is 21.0 Å². The standard InChI is InChI=1S/C21H15ClN2O4/c22-14-11-12-18-17(13-14)19(28-20(25)23-15-7-3-1-4-8-15)24(21(26)27-18)16-9-5-2-6-10-16/h1-13,19H,(H,23,25)/t19-/m1/s1. The molecule has 0 fully saturated rings. The van der Waals surface area contributed by atoms with Gasteiger partial charge in [0.15, 0.2) is 0 Å². The van der Waals surface area contributed by atoms with Gasteiger partial charge in [-0.2, -0.15) is 0 Å². The van der Waals surface area contributed by atoms with Gasteiger partial charge in [-0.3, -0.25) is 5.32 Å². The average molecular weight is 395 g/mol. The molecule has 28 heavy (non-hydrogen) atoms. The van der Waals surface area contributed by atoms with Gasteiger partial charge in [-0.1, -0.05) is 48.0 Å². The highest BCUT2D eigenvalue weighted by molar-refractivity contribution is 6.30. The first kappa shape index (κ1) is 17.9. The Hall–Kier alpha value is -3.51. The molecular formula is C21H15ClN2O4. The first-order valence-electron chi connectivity index (χ1n) is 8.50. The number of ether oxygens (including phenoxy) is 2. The van der Waals surface area contributed by atoms with Gasteiger partial charge in [0.2, 0.25) is 6.23 Å². The monoisotopic (exact) mass is 394 g/mol. The van der Waals surface area contributed by atoms with Crippen LogP contribution in [0.15, 0.2) is 78.9 Å². The number of carbonyl (C=O) groups excluding carboxylic acids is 2. The fraction of sp³-hybridized carbons (Fsp3) is 0.0476. The first-order valence-corrected chi connectivity index (χ1v) is 8.88. The molecule has 0 unspecified atom stereocenters. The lowest BCUT2D eigenvalue weighted by molar-refractivity contribution is 0.0964. The second-order valence-electron chi connectivity index (χ2n) is 6.00. The van der Waals surface area contributed by atoms with Crippen LogP contribution in [0, 0.1) is 0 Å². The summed E-state index contributed by atoms with van der Waals surface area (Å²) in [6.45, 7) is 0. The number of hydrogen-bond donors (Lipinski definition) is 1. The van der Waals surface area contributed by atoms with Crippen LogP contribution in [0.2, 0.25) is 5.02 Å². The Labute approximate surface area is 166 Å². The van der Waals surface area contributed by atoms with Crippen molar-refractivity contribution in [3.05, 3.63) is 89.4 Å². The van der Waals surface area contributed by atoms with Gasteiger partial charge in [0.1, 0.15) is 5.75 Å². The van der Waals surface area contributed by atoms with E-state index < -0.39 is 18.4 Å². The molecule has 140 valence electrons. The normalized spacial score (nSPS) is 15.4. The molecule has 0 saturated carbocycles. The molecule has 0 aliphatic carbocycles. The lowest BCUT2D eigenvalue weighted by Crippen LogP contribution is -2.43. The largest absolute Gasteiger partial charge is 0.423 e. The van der Waals surface area contributed by atoms with Gasteiger partial charge in [0.25, 0.3) is 0 Å². The molecule has 1 aliphatic rings. The number of fused-ring (bicyclic) bond motifs is 1. The summed E-state index contributed by atoms with van der Waals surface area (Å²) >= 11 is 6.12. The van der Waals surface area contributed by atoms with Crippen molar-refractivity contribution < 1.29 is 19.1 Å².